The van der Waals surface area contributed by atoms with E-state index in [9.17, 15) is 19.2 Å². The fourth-order valence-corrected chi connectivity index (χ4v) is 11.3. The first-order valence-electron chi connectivity index (χ1n) is 31.5. The van der Waals surface area contributed by atoms with E-state index in [0.717, 1.165) is 90.0 Å². The van der Waals surface area contributed by atoms with Crippen molar-refractivity contribution in [3.05, 3.63) is 280 Å². The van der Waals surface area contributed by atoms with Gasteiger partial charge in [-0.15, -0.1) is 0 Å². The van der Waals surface area contributed by atoms with Crippen molar-refractivity contribution < 1.29 is 41.3 Å². The molecule has 5 aromatic carbocycles. The molecule has 108 heavy (non-hydrogen) atoms. The molecule has 33 heteroatoms. The number of carbonyl (C=O) groups excluding carboxylic acids is 3. The van der Waals surface area contributed by atoms with Gasteiger partial charge in [0.25, 0.3) is 5.91 Å². The third-order valence-electron chi connectivity index (χ3n) is 14.8. The SMILES string of the molecule is C=CC(C)=O.CNC(=O)c1ccnc2c(Br)cccc12.Cc1ccnc2c(Br)cccc12.Cc1ncc(-c2cc(Cl)ncn2)cn1.Cc1ncc(B2OC(C)(C)C(C)(C)O2)cn1.Clc1cc(Cl)ncn1.Nc1ccccc1Br.O=C(O)c1ccnc2c(Br)cccc12.O=Cc1ccnc2c(Br)cccc12.O=[Se]=O. The Morgan fingerprint density at radius 1 is 0.537 bits per heavy atom. The molecule has 0 bridgehead atoms. The Morgan fingerprint density at radius 3 is 1.33 bits per heavy atom. The van der Waals surface area contributed by atoms with Crippen molar-refractivity contribution in [2.45, 2.75) is 66.6 Å². The van der Waals surface area contributed by atoms with Gasteiger partial charge in [0, 0.05) is 135 Å². The third-order valence-corrected chi connectivity index (χ3v) is 18.7. The molecule has 1 aliphatic rings. The van der Waals surface area contributed by atoms with E-state index >= 15 is 0 Å². The molecule has 4 N–H and O–H groups in total. The van der Waals surface area contributed by atoms with E-state index in [1.807, 2.05) is 133 Å². The van der Waals surface area contributed by atoms with Crippen LogP contribution in [0.15, 0.2) is 231 Å². The summed E-state index contributed by atoms with van der Waals surface area (Å²) < 4.78 is 33.3. The molecule has 1 aliphatic heterocycles. The number of nitrogens with zero attached hydrogens (tertiary/aromatic N) is 12. The van der Waals surface area contributed by atoms with Crippen molar-refractivity contribution in [2.24, 2.45) is 0 Å². The number of fused-ring (bicyclic) bond motifs is 4. The van der Waals surface area contributed by atoms with Gasteiger partial charge in [-0.1, -0.05) is 102 Å². The molecule has 1 saturated heterocycles. The van der Waals surface area contributed by atoms with Gasteiger partial charge in [-0.2, -0.15) is 0 Å². The van der Waals surface area contributed by atoms with Crippen LogP contribution in [0, 0.1) is 20.8 Å². The number of pyridine rings is 4. The first-order chi connectivity index (χ1) is 51.4. The Hall–Kier alpha value is -8.75. The van der Waals surface area contributed by atoms with Crippen LogP contribution < -0.4 is 16.5 Å². The number of allylic oxidation sites excluding steroid dienone is 1. The number of rotatable bonds is 6. The van der Waals surface area contributed by atoms with Crippen molar-refractivity contribution in [3.8, 4) is 11.3 Å². The van der Waals surface area contributed by atoms with Crippen LogP contribution in [-0.4, -0.2) is 129 Å². The summed E-state index contributed by atoms with van der Waals surface area (Å²) >= 11 is 31.8. The number of para-hydroxylation sites is 5. The van der Waals surface area contributed by atoms with E-state index < -0.39 is 20.8 Å². The zero-order chi connectivity index (χ0) is 79.7. The average molecular weight is 1900 g/mol. The summed E-state index contributed by atoms with van der Waals surface area (Å²) in [6, 6.07) is 40.6. The molecule has 0 spiro atoms. The first-order valence-corrected chi connectivity index (χ1v) is 38.0. The molecule has 9 heterocycles. The summed E-state index contributed by atoms with van der Waals surface area (Å²) in [6.07, 6.45) is 18.4. The standard InChI is InChI=1S/C11H17BN2O2.C11H9BrN2O.C10H6BrNO2.C10H6BrNO.C10H8BrN.C9H7ClN4.C6H6BrN.C4H2Cl2N2.C4H6O.O2Se/c1-8-13-6-9(7-14-8)12-15-10(2,3)11(4,5)16-12;1-13-11(15)8-5-6-14-10-7(8)3-2-4-9(10)12;11-8-3-1-2-6-7(10(13)14)4-5-12-9(6)8;11-9-3-1-2-8-7(6-13)4-5-12-10(8)9;1-7-5-6-12-10-8(7)3-2-4-9(10)11;1-6-11-3-7(4-12-6)8-2-9(10)14-5-13-8;7-5-3-1-2-4-6(5)8;5-3-1-4(6)8-2-7-3;1-3-4(2)5;1-3-2/h6-7H,1-5H3;2-6H,1H3,(H,13,15);1-5H,(H,13,14);1-6H;2-6H,1H3;2-5H,1H3;1-4H,8H2;1-2H;3H,1H2,2H3;. The van der Waals surface area contributed by atoms with Crippen LogP contribution in [0.25, 0.3) is 54.9 Å². The van der Waals surface area contributed by atoms with Gasteiger partial charge in [0.1, 0.15) is 39.8 Å². The Bertz CT molecular complexity index is 5170. The molecular formula is C75H67BBr5Cl3N14O9Se. The Labute approximate surface area is 686 Å². The number of aromatic carboxylic acids is 1. The molecule has 1 fully saturated rings. The summed E-state index contributed by atoms with van der Waals surface area (Å²) in [4.78, 5) is 91.2. The summed E-state index contributed by atoms with van der Waals surface area (Å²) in [7, 11) is 1.25. The van der Waals surface area contributed by atoms with Gasteiger partial charge in [-0.05, 0) is 207 Å². The van der Waals surface area contributed by atoms with Crippen molar-refractivity contribution >= 4 is 215 Å². The molecule has 0 radical (unpaired) electrons. The van der Waals surface area contributed by atoms with Gasteiger partial charge in [-0.25, -0.2) is 44.7 Å². The molecule has 0 atom stereocenters. The van der Waals surface area contributed by atoms with Gasteiger partial charge in [-0.3, -0.25) is 34.3 Å². The molecule has 0 aliphatic carbocycles. The number of nitrogen functional groups attached to an aromatic ring is 1. The molecule has 556 valence electrons. The number of carboxylic acid groups (broad SMARTS) is 1. The zero-order valence-electron chi connectivity index (χ0n) is 59.0. The van der Waals surface area contributed by atoms with Crippen LogP contribution in [0.5, 0.6) is 0 Å². The number of aldehydes is 1. The maximum atomic E-state index is 11.6. The van der Waals surface area contributed by atoms with Gasteiger partial charge >= 0.3 is 35.6 Å². The van der Waals surface area contributed by atoms with E-state index in [4.69, 9.17) is 62.6 Å². The fraction of sp³-hybridized carbons (Fsp3) is 0.147. The van der Waals surface area contributed by atoms with Crippen LogP contribution in [0.4, 0.5) is 5.69 Å². The number of nitrogens with two attached hydrogens (primary N) is 1. The molecular weight excluding hydrogens is 1840 g/mol. The number of benzene rings is 5. The number of anilines is 1. The predicted octanol–water partition coefficient (Wildman–Crippen LogP) is 18.1. The number of carboxylic acids is 1. The number of hydrogen-bond donors (Lipinski definition) is 3. The molecule has 8 aromatic heterocycles. The van der Waals surface area contributed by atoms with Crippen molar-refractivity contribution in [2.75, 3.05) is 12.8 Å². The van der Waals surface area contributed by atoms with E-state index in [1.54, 1.807) is 74.6 Å². The number of carbonyl (C=O) groups is 4. The first kappa shape index (κ1) is 89.9. The minimum absolute atomic E-state index is 0.0185. The van der Waals surface area contributed by atoms with E-state index in [0.29, 0.717) is 37.5 Å². The zero-order valence-corrected chi connectivity index (χ0v) is 70.9. The van der Waals surface area contributed by atoms with E-state index in [1.165, 1.54) is 54.9 Å². The second kappa shape index (κ2) is 45.3. The molecule has 23 nitrogen and oxygen atoms in total. The van der Waals surface area contributed by atoms with Gasteiger partial charge in [0.05, 0.1) is 50.1 Å². The number of hydrogen-bond acceptors (Lipinski definition) is 21. The van der Waals surface area contributed by atoms with Crippen LogP contribution in [0.2, 0.25) is 15.5 Å². The summed E-state index contributed by atoms with van der Waals surface area (Å²) in [5.41, 5.74) is 14.2. The molecule has 0 saturated carbocycles. The second-order valence-electron chi connectivity index (χ2n) is 22.8. The number of nitrogens with one attached hydrogen (secondary N) is 1. The Balaban J connectivity index is 0.000000220. The number of aryl methyl sites for hydroxylation is 3. The van der Waals surface area contributed by atoms with Crippen molar-refractivity contribution in [1.29, 1.82) is 0 Å². The summed E-state index contributed by atoms with van der Waals surface area (Å²) in [6.45, 7) is 18.6. The monoisotopic (exact) mass is 1900 g/mol. The molecule has 14 rings (SSSR count). The summed E-state index contributed by atoms with van der Waals surface area (Å²) in [5.74, 6) is 0.468. The van der Waals surface area contributed by atoms with Crippen molar-refractivity contribution in [1.82, 2.24) is 65.1 Å². The molecule has 0 unspecified atom stereocenters. The maximum absolute atomic E-state index is 11.6. The Kier molecular flexibility index (Phi) is 37.7. The number of aromatic nitrogens is 12. The number of halogens is 8. The normalized spacial score (nSPS) is 11.6. The number of amides is 1. The molecule has 13 aromatic rings. The fourth-order valence-electron chi connectivity index (χ4n) is 8.65. The van der Waals surface area contributed by atoms with Gasteiger partial charge in [0.15, 0.2) is 12.1 Å². The average Bonchev–Trinajstić information content (AvgIpc) is 1.61. The third kappa shape index (κ3) is 28.0. The topological polar surface area (TPSA) is 334 Å². The van der Waals surface area contributed by atoms with Crippen LogP contribution >= 0.6 is 114 Å². The van der Waals surface area contributed by atoms with Gasteiger partial charge < -0.3 is 25.5 Å². The van der Waals surface area contributed by atoms with Crippen molar-refractivity contribution in [3.63, 3.8) is 0 Å². The van der Waals surface area contributed by atoms with E-state index in [-0.39, 0.29) is 35.6 Å². The van der Waals surface area contributed by atoms with Crippen LogP contribution in [0.1, 0.15) is 82.9 Å². The van der Waals surface area contributed by atoms with E-state index in [2.05, 4.69) is 164 Å². The quantitative estimate of drug-likeness (QED) is 0.0458. The van der Waals surface area contributed by atoms with Gasteiger partial charge in [0.2, 0.25) is 0 Å². The number of ketones is 1. The predicted molar refractivity (Wildman–Crippen MR) is 442 cm³/mol. The Morgan fingerprint density at radius 2 is 0.926 bits per heavy atom. The minimum atomic E-state index is -1.62. The van der Waals surface area contributed by atoms with Crippen LogP contribution in [-0.2, 0) is 21.8 Å². The second-order valence-corrected chi connectivity index (χ2v) is 28.5. The van der Waals surface area contributed by atoms with Crippen LogP contribution in [0.3, 0.4) is 0 Å². The molecule has 1 amide bonds. The summed E-state index contributed by atoms with van der Waals surface area (Å²) in [5, 5.41) is 16.3.